The lowest BCUT2D eigenvalue weighted by molar-refractivity contribution is 0.0520. The molecule has 6 N–H and O–H groups in total. The number of nitrogens with one attached hydrogen (secondary N) is 4. The molecule has 2 heterocycles. The van der Waals surface area contributed by atoms with Crippen molar-refractivity contribution in [1.29, 1.82) is 0 Å². The van der Waals surface area contributed by atoms with E-state index in [2.05, 4.69) is 20.6 Å². The SMILES string of the molecule is CCOC(=O)c1cc2cc(NC(=O)c3cc4cc(C(=O)NCCN)ccc4[nH]3)ccc2[nH]1. The van der Waals surface area contributed by atoms with Crippen molar-refractivity contribution in [2.24, 2.45) is 5.73 Å². The van der Waals surface area contributed by atoms with Crippen LogP contribution in [-0.2, 0) is 4.74 Å². The second-order valence-corrected chi connectivity index (χ2v) is 7.19. The van der Waals surface area contributed by atoms with E-state index < -0.39 is 5.97 Å². The van der Waals surface area contributed by atoms with E-state index in [4.69, 9.17) is 10.5 Å². The summed E-state index contributed by atoms with van der Waals surface area (Å²) in [5.74, 6) is -0.967. The topological polar surface area (TPSA) is 142 Å². The molecule has 0 fully saturated rings. The highest BCUT2D eigenvalue weighted by molar-refractivity contribution is 6.07. The molecule has 0 bridgehead atoms. The van der Waals surface area contributed by atoms with Crippen molar-refractivity contribution < 1.29 is 19.1 Å². The molecule has 0 unspecified atom stereocenters. The summed E-state index contributed by atoms with van der Waals surface area (Å²) in [6.07, 6.45) is 0. The zero-order chi connectivity index (χ0) is 22.7. The predicted molar refractivity (Wildman–Crippen MR) is 122 cm³/mol. The fourth-order valence-corrected chi connectivity index (χ4v) is 3.41. The average Bonchev–Trinajstić information content (AvgIpc) is 3.41. The van der Waals surface area contributed by atoms with Crippen molar-refractivity contribution in [3.63, 3.8) is 0 Å². The molecular formula is C23H23N5O4. The van der Waals surface area contributed by atoms with Crippen LogP contribution in [0.3, 0.4) is 0 Å². The molecule has 32 heavy (non-hydrogen) atoms. The number of hydrogen-bond acceptors (Lipinski definition) is 5. The summed E-state index contributed by atoms with van der Waals surface area (Å²) in [6.45, 7) is 2.79. The highest BCUT2D eigenvalue weighted by Crippen LogP contribution is 2.22. The van der Waals surface area contributed by atoms with Gasteiger partial charge in [0.2, 0.25) is 0 Å². The second-order valence-electron chi connectivity index (χ2n) is 7.19. The number of aromatic amines is 2. The first-order chi connectivity index (χ1) is 15.5. The molecule has 2 aromatic carbocycles. The monoisotopic (exact) mass is 433 g/mol. The fraction of sp³-hybridized carbons (Fsp3) is 0.174. The van der Waals surface area contributed by atoms with E-state index >= 15 is 0 Å². The molecule has 0 radical (unpaired) electrons. The number of benzene rings is 2. The van der Waals surface area contributed by atoms with Gasteiger partial charge in [-0.15, -0.1) is 0 Å². The zero-order valence-electron chi connectivity index (χ0n) is 17.5. The van der Waals surface area contributed by atoms with E-state index in [1.165, 1.54) is 0 Å². The molecule has 0 spiro atoms. The van der Waals surface area contributed by atoms with Gasteiger partial charge in [-0.1, -0.05) is 0 Å². The first-order valence-corrected chi connectivity index (χ1v) is 10.2. The Kier molecular flexibility index (Phi) is 5.91. The summed E-state index contributed by atoms with van der Waals surface area (Å²) in [5, 5.41) is 7.09. The molecule has 2 aromatic heterocycles. The molecule has 9 heteroatoms. The molecule has 0 aliphatic heterocycles. The average molecular weight is 433 g/mol. The Balaban J connectivity index is 1.52. The lowest BCUT2D eigenvalue weighted by atomic mass is 10.1. The van der Waals surface area contributed by atoms with Crippen LogP contribution >= 0.6 is 0 Å². The minimum absolute atomic E-state index is 0.216. The number of ether oxygens (including phenoxy) is 1. The summed E-state index contributed by atoms with van der Waals surface area (Å²) in [5.41, 5.74) is 8.71. The van der Waals surface area contributed by atoms with Crippen LogP contribution in [0.4, 0.5) is 5.69 Å². The Morgan fingerprint density at radius 3 is 2.34 bits per heavy atom. The van der Waals surface area contributed by atoms with Gasteiger partial charge in [0.15, 0.2) is 0 Å². The molecule has 0 saturated heterocycles. The van der Waals surface area contributed by atoms with Crippen LogP contribution in [-0.4, -0.2) is 47.4 Å². The minimum Gasteiger partial charge on any atom is -0.461 e. The standard InChI is InChI=1S/C23H23N5O4/c1-2-32-23(31)20-12-15-10-16(4-6-18(15)28-20)26-22(30)19-11-14-9-13(3-5-17(14)27-19)21(29)25-8-7-24/h3-6,9-12,27-28H,2,7-8,24H2,1H3,(H,25,29)(H,26,30). The lowest BCUT2D eigenvalue weighted by Crippen LogP contribution is -2.28. The van der Waals surface area contributed by atoms with E-state index in [1.807, 2.05) is 0 Å². The van der Waals surface area contributed by atoms with Crippen molar-refractivity contribution in [3.05, 3.63) is 65.5 Å². The highest BCUT2D eigenvalue weighted by atomic mass is 16.5. The van der Waals surface area contributed by atoms with Gasteiger partial charge in [-0.2, -0.15) is 0 Å². The number of carbonyl (C=O) groups excluding carboxylic acids is 3. The minimum atomic E-state index is -0.427. The number of esters is 1. The summed E-state index contributed by atoms with van der Waals surface area (Å²) in [4.78, 5) is 42.9. The van der Waals surface area contributed by atoms with Gasteiger partial charge in [0, 0.05) is 46.1 Å². The molecule has 0 atom stereocenters. The summed E-state index contributed by atoms with van der Waals surface area (Å²) < 4.78 is 5.01. The van der Waals surface area contributed by atoms with Crippen LogP contribution in [0.1, 0.15) is 38.3 Å². The third-order valence-electron chi connectivity index (χ3n) is 4.93. The summed E-state index contributed by atoms with van der Waals surface area (Å²) >= 11 is 0. The Morgan fingerprint density at radius 1 is 0.906 bits per heavy atom. The van der Waals surface area contributed by atoms with Crippen LogP contribution in [0.15, 0.2) is 48.5 Å². The lowest BCUT2D eigenvalue weighted by Gasteiger charge is -2.03. The maximum Gasteiger partial charge on any atom is 0.354 e. The van der Waals surface area contributed by atoms with Gasteiger partial charge in [0.05, 0.1) is 6.61 Å². The Hall–Kier alpha value is -4.11. The van der Waals surface area contributed by atoms with Crippen LogP contribution < -0.4 is 16.4 Å². The van der Waals surface area contributed by atoms with Crippen molar-refractivity contribution in [1.82, 2.24) is 15.3 Å². The number of rotatable bonds is 7. The number of hydrogen-bond donors (Lipinski definition) is 5. The summed E-state index contributed by atoms with van der Waals surface area (Å²) in [6, 6.07) is 13.8. The van der Waals surface area contributed by atoms with E-state index in [1.54, 1.807) is 55.5 Å². The van der Waals surface area contributed by atoms with Gasteiger partial charge in [-0.25, -0.2) is 4.79 Å². The van der Waals surface area contributed by atoms with Crippen LogP contribution in [0, 0.1) is 0 Å². The number of amides is 2. The number of aromatic nitrogens is 2. The molecule has 0 aliphatic carbocycles. The van der Waals surface area contributed by atoms with Gasteiger partial charge in [0.25, 0.3) is 11.8 Å². The highest BCUT2D eigenvalue weighted by Gasteiger charge is 2.14. The Morgan fingerprint density at radius 2 is 1.59 bits per heavy atom. The van der Waals surface area contributed by atoms with Gasteiger partial charge in [0.1, 0.15) is 11.4 Å². The fourth-order valence-electron chi connectivity index (χ4n) is 3.41. The van der Waals surface area contributed by atoms with Crippen molar-refractivity contribution >= 4 is 45.3 Å². The van der Waals surface area contributed by atoms with E-state index in [0.717, 1.165) is 21.8 Å². The number of nitrogens with two attached hydrogens (primary N) is 1. The molecule has 0 saturated carbocycles. The van der Waals surface area contributed by atoms with Crippen LogP contribution in [0.5, 0.6) is 0 Å². The number of fused-ring (bicyclic) bond motifs is 2. The molecule has 0 aliphatic rings. The molecule has 4 aromatic rings. The van der Waals surface area contributed by atoms with E-state index in [0.29, 0.717) is 42.3 Å². The molecule has 9 nitrogen and oxygen atoms in total. The smallest absolute Gasteiger partial charge is 0.354 e. The predicted octanol–water partition coefficient (Wildman–Crippen LogP) is 2.77. The van der Waals surface area contributed by atoms with Crippen molar-refractivity contribution in [2.45, 2.75) is 6.92 Å². The first-order valence-electron chi connectivity index (χ1n) is 10.2. The van der Waals surface area contributed by atoms with Gasteiger partial charge in [-0.3, -0.25) is 9.59 Å². The van der Waals surface area contributed by atoms with Crippen molar-refractivity contribution in [3.8, 4) is 0 Å². The Labute approximate surface area is 183 Å². The van der Waals surface area contributed by atoms with E-state index in [9.17, 15) is 14.4 Å². The van der Waals surface area contributed by atoms with Crippen LogP contribution in [0.25, 0.3) is 21.8 Å². The second kappa shape index (κ2) is 8.94. The maximum atomic E-state index is 12.8. The Bertz CT molecular complexity index is 1320. The number of carbonyl (C=O) groups is 3. The third-order valence-corrected chi connectivity index (χ3v) is 4.93. The van der Waals surface area contributed by atoms with Gasteiger partial charge < -0.3 is 31.1 Å². The van der Waals surface area contributed by atoms with Crippen LogP contribution in [0.2, 0.25) is 0 Å². The zero-order valence-corrected chi connectivity index (χ0v) is 17.5. The maximum absolute atomic E-state index is 12.8. The van der Waals surface area contributed by atoms with E-state index in [-0.39, 0.29) is 11.8 Å². The summed E-state index contributed by atoms with van der Waals surface area (Å²) in [7, 11) is 0. The number of H-pyrrole nitrogens is 2. The largest absolute Gasteiger partial charge is 0.461 e. The van der Waals surface area contributed by atoms with Crippen molar-refractivity contribution in [2.75, 3.05) is 25.0 Å². The number of anilines is 1. The molecule has 4 rings (SSSR count). The molecule has 2 amide bonds. The van der Waals surface area contributed by atoms with Gasteiger partial charge >= 0.3 is 5.97 Å². The van der Waals surface area contributed by atoms with Gasteiger partial charge in [-0.05, 0) is 55.5 Å². The molecule has 164 valence electrons. The quantitative estimate of drug-likeness (QED) is 0.285. The third kappa shape index (κ3) is 4.33. The first kappa shape index (κ1) is 21.1. The molecular weight excluding hydrogens is 410 g/mol. The normalized spacial score (nSPS) is 10.9.